The molecule has 0 aliphatic heterocycles. The molecule has 4 aromatic rings. The van der Waals surface area contributed by atoms with Gasteiger partial charge in [-0.15, -0.1) is 0 Å². The summed E-state index contributed by atoms with van der Waals surface area (Å²) in [6.45, 7) is 2.10. The smallest absolute Gasteiger partial charge is 0.0894 e. The number of hydrogen-bond donors (Lipinski definition) is 0. The molecule has 0 fully saturated rings. The number of pyridine rings is 3. The highest BCUT2D eigenvalue weighted by atomic mass is 14.8. The lowest BCUT2D eigenvalue weighted by atomic mass is 9.99. The van der Waals surface area contributed by atoms with Crippen LogP contribution in [0.3, 0.4) is 0 Å². The lowest BCUT2D eigenvalue weighted by molar-refractivity contribution is 1.28. The first-order valence-electron chi connectivity index (χ1n) is 7.56. The van der Waals surface area contributed by atoms with Crippen LogP contribution in [0.25, 0.3) is 33.5 Å². The molecule has 0 amide bonds. The number of rotatable bonds is 2. The van der Waals surface area contributed by atoms with Gasteiger partial charge in [0.05, 0.1) is 22.4 Å². The summed E-state index contributed by atoms with van der Waals surface area (Å²) in [7, 11) is 0. The van der Waals surface area contributed by atoms with Crippen LogP contribution in [0.15, 0.2) is 73.1 Å². The lowest BCUT2D eigenvalue weighted by Crippen LogP contribution is -1.93. The monoisotopic (exact) mass is 297 g/mol. The Bertz CT molecular complexity index is 992. The van der Waals surface area contributed by atoms with E-state index in [-0.39, 0.29) is 0 Å². The summed E-state index contributed by atoms with van der Waals surface area (Å²) < 4.78 is 0. The topological polar surface area (TPSA) is 38.7 Å². The zero-order valence-electron chi connectivity index (χ0n) is 12.8. The van der Waals surface area contributed by atoms with Gasteiger partial charge in [0, 0.05) is 23.5 Å². The number of benzene rings is 1. The average Bonchev–Trinajstić information content (AvgIpc) is 2.62. The molecular formula is C20H15N3. The summed E-state index contributed by atoms with van der Waals surface area (Å²) in [6.07, 6.45) is 3.61. The summed E-state index contributed by atoms with van der Waals surface area (Å²) in [5, 5.41) is 0. The summed E-state index contributed by atoms with van der Waals surface area (Å²) in [4.78, 5) is 13.7. The van der Waals surface area contributed by atoms with Gasteiger partial charge >= 0.3 is 0 Å². The first kappa shape index (κ1) is 13.6. The van der Waals surface area contributed by atoms with E-state index in [0.717, 1.165) is 33.5 Å². The van der Waals surface area contributed by atoms with Gasteiger partial charge in [0.1, 0.15) is 0 Å². The Morgan fingerprint density at radius 2 is 1.43 bits per heavy atom. The molecule has 0 saturated heterocycles. The molecule has 0 atom stereocenters. The number of hydrogen-bond acceptors (Lipinski definition) is 3. The van der Waals surface area contributed by atoms with Gasteiger partial charge < -0.3 is 0 Å². The summed E-state index contributed by atoms with van der Waals surface area (Å²) in [5.74, 6) is 0. The normalized spacial score (nSPS) is 10.8. The van der Waals surface area contributed by atoms with E-state index in [9.17, 15) is 0 Å². The van der Waals surface area contributed by atoms with Crippen LogP contribution in [0.2, 0.25) is 0 Å². The minimum absolute atomic E-state index is 0.893. The summed E-state index contributed by atoms with van der Waals surface area (Å²) in [6, 6.07) is 20.2. The molecule has 110 valence electrons. The van der Waals surface area contributed by atoms with E-state index in [0.29, 0.717) is 0 Å². The van der Waals surface area contributed by atoms with Crippen molar-refractivity contribution in [3.05, 3.63) is 78.6 Å². The molecule has 0 unspecified atom stereocenters. The summed E-state index contributed by atoms with van der Waals surface area (Å²) in [5.41, 5.74) is 7.04. The van der Waals surface area contributed by atoms with Gasteiger partial charge in [-0.2, -0.15) is 0 Å². The van der Waals surface area contributed by atoms with Crippen molar-refractivity contribution in [2.45, 2.75) is 6.92 Å². The molecule has 0 aliphatic rings. The Balaban J connectivity index is 1.93. The van der Waals surface area contributed by atoms with Crippen molar-refractivity contribution in [3.63, 3.8) is 0 Å². The third-order valence-corrected chi connectivity index (χ3v) is 3.94. The zero-order chi connectivity index (χ0) is 15.6. The van der Waals surface area contributed by atoms with Crippen molar-refractivity contribution in [2.24, 2.45) is 0 Å². The van der Waals surface area contributed by atoms with Crippen LogP contribution in [0.4, 0.5) is 0 Å². The Hall–Kier alpha value is -3.07. The third kappa shape index (κ3) is 2.46. The largest absolute Gasteiger partial charge is 0.256 e. The highest BCUT2D eigenvalue weighted by molar-refractivity contribution is 5.84. The molecule has 4 rings (SSSR count). The van der Waals surface area contributed by atoms with Gasteiger partial charge in [-0.3, -0.25) is 9.97 Å². The first-order chi connectivity index (χ1) is 11.3. The van der Waals surface area contributed by atoms with Crippen LogP contribution in [-0.2, 0) is 0 Å². The quantitative estimate of drug-likeness (QED) is 0.540. The van der Waals surface area contributed by atoms with Crippen molar-refractivity contribution in [3.8, 4) is 22.5 Å². The van der Waals surface area contributed by atoms with E-state index in [2.05, 4.69) is 35.1 Å². The molecule has 3 aromatic heterocycles. The fraction of sp³-hybridized carbons (Fsp3) is 0.0500. The molecule has 0 N–H and O–H groups in total. The van der Waals surface area contributed by atoms with Gasteiger partial charge in [-0.1, -0.05) is 24.3 Å². The maximum atomic E-state index is 4.76. The number of aryl methyl sites for hydroxylation is 1. The van der Waals surface area contributed by atoms with E-state index in [1.807, 2.05) is 48.7 Å². The van der Waals surface area contributed by atoms with Gasteiger partial charge in [-0.25, -0.2) is 4.98 Å². The molecule has 1 aromatic carbocycles. The predicted molar refractivity (Wildman–Crippen MR) is 92.9 cm³/mol. The van der Waals surface area contributed by atoms with Gasteiger partial charge in [0.2, 0.25) is 0 Å². The minimum Gasteiger partial charge on any atom is -0.256 e. The van der Waals surface area contributed by atoms with E-state index in [1.165, 1.54) is 5.56 Å². The van der Waals surface area contributed by atoms with Crippen LogP contribution in [-0.4, -0.2) is 15.0 Å². The van der Waals surface area contributed by atoms with Crippen LogP contribution in [0, 0.1) is 6.92 Å². The zero-order valence-corrected chi connectivity index (χ0v) is 12.8. The lowest BCUT2D eigenvalue weighted by Gasteiger charge is -2.11. The first-order valence-corrected chi connectivity index (χ1v) is 7.56. The standard InChI is InChI=1S/C20H15N3/c1-14-6-2-3-7-15(14)20-16(8-4-13-22-20)17-10-11-18-19(23-17)9-5-12-21-18/h2-13H,1H3. The average molecular weight is 297 g/mol. The Kier molecular flexibility index (Phi) is 3.31. The van der Waals surface area contributed by atoms with Gasteiger partial charge in [0.25, 0.3) is 0 Å². The van der Waals surface area contributed by atoms with Gasteiger partial charge in [0.15, 0.2) is 0 Å². The molecule has 0 saturated carbocycles. The number of nitrogens with zero attached hydrogens (tertiary/aromatic N) is 3. The second kappa shape index (κ2) is 5.61. The molecule has 0 spiro atoms. The number of aromatic nitrogens is 3. The highest BCUT2D eigenvalue weighted by Crippen LogP contribution is 2.31. The SMILES string of the molecule is Cc1ccccc1-c1ncccc1-c1ccc2ncccc2n1. The summed E-state index contributed by atoms with van der Waals surface area (Å²) >= 11 is 0. The van der Waals surface area contributed by atoms with Crippen molar-refractivity contribution in [1.82, 2.24) is 15.0 Å². The maximum absolute atomic E-state index is 4.76. The van der Waals surface area contributed by atoms with Crippen LogP contribution in [0.5, 0.6) is 0 Å². The molecule has 23 heavy (non-hydrogen) atoms. The van der Waals surface area contributed by atoms with E-state index >= 15 is 0 Å². The molecule has 0 bridgehead atoms. The molecule has 0 aliphatic carbocycles. The van der Waals surface area contributed by atoms with E-state index < -0.39 is 0 Å². The minimum atomic E-state index is 0.893. The fourth-order valence-electron chi connectivity index (χ4n) is 2.77. The number of fused-ring (bicyclic) bond motifs is 1. The molecule has 0 radical (unpaired) electrons. The molecule has 3 heterocycles. The third-order valence-electron chi connectivity index (χ3n) is 3.94. The van der Waals surface area contributed by atoms with Crippen molar-refractivity contribution in [1.29, 1.82) is 0 Å². The van der Waals surface area contributed by atoms with Crippen LogP contribution < -0.4 is 0 Å². The van der Waals surface area contributed by atoms with E-state index in [4.69, 9.17) is 4.98 Å². The molecule has 3 nitrogen and oxygen atoms in total. The Labute approximate surface area is 134 Å². The molecular weight excluding hydrogens is 282 g/mol. The van der Waals surface area contributed by atoms with Crippen molar-refractivity contribution in [2.75, 3.05) is 0 Å². The van der Waals surface area contributed by atoms with Crippen LogP contribution in [0.1, 0.15) is 5.56 Å². The van der Waals surface area contributed by atoms with Crippen molar-refractivity contribution >= 4 is 11.0 Å². The van der Waals surface area contributed by atoms with Crippen molar-refractivity contribution < 1.29 is 0 Å². The Morgan fingerprint density at radius 1 is 0.652 bits per heavy atom. The Morgan fingerprint density at radius 3 is 2.35 bits per heavy atom. The fourth-order valence-corrected chi connectivity index (χ4v) is 2.77. The van der Waals surface area contributed by atoms with Crippen LogP contribution >= 0.6 is 0 Å². The second-order valence-corrected chi connectivity index (χ2v) is 5.45. The maximum Gasteiger partial charge on any atom is 0.0894 e. The van der Waals surface area contributed by atoms with Gasteiger partial charge in [-0.05, 0) is 48.9 Å². The molecule has 3 heteroatoms. The predicted octanol–water partition coefficient (Wildman–Crippen LogP) is 4.67. The van der Waals surface area contributed by atoms with E-state index in [1.54, 1.807) is 6.20 Å². The highest BCUT2D eigenvalue weighted by Gasteiger charge is 2.11. The second-order valence-electron chi connectivity index (χ2n) is 5.45.